The number of rotatable bonds is 4. The fourth-order valence-corrected chi connectivity index (χ4v) is 1.15. The third-order valence-electron chi connectivity index (χ3n) is 1.37. The van der Waals surface area contributed by atoms with Gasteiger partial charge in [-0.25, -0.2) is 13.6 Å². The Kier molecular flexibility index (Phi) is 2.73. The molecule has 0 aliphatic rings. The molecule has 0 atom stereocenters. The molecule has 0 aliphatic carbocycles. The van der Waals surface area contributed by atoms with E-state index in [2.05, 4.69) is 15.5 Å². The molecule has 0 saturated carbocycles. The van der Waals surface area contributed by atoms with Crippen molar-refractivity contribution in [3.05, 3.63) is 6.20 Å². The van der Waals surface area contributed by atoms with Gasteiger partial charge >= 0.3 is 0 Å². The Balaban J connectivity index is 2.41. The molecule has 8 heteroatoms. The lowest BCUT2D eigenvalue weighted by Gasteiger charge is -2.02. The highest BCUT2D eigenvalue weighted by Gasteiger charge is 2.03. The summed E-state index contributed by atoms with van der Waals surface area (Å²) in [4.78, 5) is 0. The predicted octanol–water partition coefficient (Wildman–Crippen LogP) is -1.31. The molecule has 1 heterocycles. The van der Waals surface area contributed by atoms with Gasteiger partial charge in [0, 0.05) is 6.54 Å². The summed E-state index contributed by atoms with van der Waals surface area (Å²) in [6.45, 7) is 0.211. The Morgan fingerprint density at radius 2 is 2.31 bits per heavy atom. The quantitative estimate of drug-likeness (QED) is 0.485. The molecule has 74 valence electrons. The number of nitrogens with two attached hydrogens (primary N) is 2. The Bertz CT molecular complexity index is 370. The number of anilines is 2. The molecule has 1 rings (SSSR count). The van der Waals surface area contributed by atoms with E-state index in [1.54, 1.807) is 0 Å². The molecule has 0 spiro atoms. The van der Waals surface area contributed by atoms with Crippen LogP contribution >= 0.6 is 0 Å². The summed E-state index contributed by atoms with van der Waals surface area (Å²) in [6, 6.07) is 0. The number of hydrogen-bond donors (Lipinski definition) is 4. The number of hydrogen-bond acceptors (Lipinski definition) is 5. The molecule has 0 fully saturated rings. The highest BCUT2D eigenvalue weighted by Crippen LogP contribution is 2.11. The van der Waals surface area contributed by atoms with E-state index in [9.17, 15) is 8.42 Å². The zero-order chi connectivity index (χ0) is 9.90. The van der Waals surface area contributed by atoms with E-state index in [4.69, 9.17) is 10.9 Å². The predicted molar refractivity (Wildman–Crippen MR) is 49.5 cm³/mol. The third kappa shape index (κ3) is 3.30. The minimum absolute atomic E-state index is 0.141. The first kappa shape index (κ1) is 9.81. The highest BCUT2D eigenvalue weighted by molar-refractivity contribution is 7.89. The molecule has 0 aliphatic heterocycles. The van der Waals surface area contributed by atoms with Gasteiger partial charge < -0.3 is 11.1 Å². The van der Waals surface area contributed by atoms with Crippen molar-refractivity contribution in [1.82, 2.24) is 10.2 Å². The standard InChI is InChI=1S/C5H11N5O2S/c6-5-4(3-9-10-5)8-1-2-13(7,11)12/h3,8H,1-2H2,(H3,6,9,10)(H2,7,11,12). The lowest BCUT2D eigenvalue weighted by molar-refractivity contribution is 0.598. The van der Waals surface area contributed by atoms with Crippen molar-refractivity contribution in [2.24, 2.45) is 5.14 Å². The van der Waals surface area contributed by atoms with E-state index < -0.39 is 10.0 Å². The zero-order valence-corrected chi connectivity index (χ0v) is 7.63. The summed E-state index contributed by atoms with van der Waals surface area (Å²) in [7, 11) is -3.42. The number of nitrogen functional groups attached to an aromatic ring is 1. The number of nitrogens with zero attached hydrogens (tertiary/aromatic N) is 1. The number of primary sulfonamides is 1. The minimum atomic E-state index is -3.42. The Morgan fingerprint density at radius 3 is 2.77 bits per heavy atom. The molecule has 0 unspecified atom stereocenters. The van der Waals surface area contributed by atoms with Crippen LogP contribution in [0.25, 0.3) is 0 Å². The van der Waals surface area contributed by atoms with Crippen LogP contribution in [0.2, 0.25) is 0 Å². The second-order valence-electron chi connectivity index (χ2n) is 2.49. The molecule has 1 aromatic rings. The van der Waals surface area contributed by atoms with E-state index in [1.807, 2.05) is 0 Å². The Hall–Kier alpha value is -1.28. The van der Waals surface area contributed by atoms with E-state index in [0.29, 0.717) is 11.5 Å². The van der Waals surface area contributed by atoms with Gasteiger partial charge in [0.25, 0.3) is 0 Å². The molecular formula is C5H11N5O2S. The van der Waals surface area contributed by atoms with Gasteiger partial charge in [0.1, 0.15) is 5.82 Å². The van der Waals surface area contributed by atoms with Gasteiger partial charge in [-0.05, 0) is 0 Å². The summed E-state index contributed by atoms with van der Waals surface area (Å²) in [5.74, 6) is 0.229. The van der Waals surface area contributed by atoms with Crippen LogP contribution in [-0.2, 0) is 10.0 Å². The van der Waals surface area contributed by atoms with Gasteiger partial charge in [-0.15, -0.1) is 0 Å². The maximum atomic E-state index is 10.5. The maximum Gasteiger partial charge on any atom is 0.210 e. The molecular weight excluding hydrogens is 194 g/mol. The summed E-state index contributed by atoms with van der Waals surface area (Å²) in [5, 5.41) is 13.7. The van der Waals surface area contributed by atoms with Crippen molar-refractivity contribution >= 4 is 21.5 Å². The van der Waals surface area contributed by atoms with Crippen LogP contribution in [0.1, 0.15) is 0 Å². The highest BCUT2D eigenvalue weighted by atomic mass is 32.2. The average molecular weight is 205 g/mol. The topological polar surface area (TPSA) is 127 Å². The minimum Gasteiger partial charge on any atom is -0.382 e. The van der Waals surface area contributed by atoms with Crippen molar-refractivity contribution in [3.63, 3.8) is 0 Å². The van der Waals surface area contributed by atoms with Gasteiger partial charge in [0.2, 0.25) is 10.0 Å². The van der Waals surface area contributed by atoms with Gasteiger partial charge in [0.15, 0.2) is 0 Å². The van der Waals surface area contributed by atoms with Gasteiger partial charge in [-0.3, -0.25) is 5.10 Å². The van der Waals surface area contributed by atoms with E-state index >= 15 is 0 Å². The van der Waals surface area contributed by atoms with Gasteiger partial charge in [-0.2, -0.15) is 5.10 Å². The fraction of sp³-hybridized carbons (Fsp3) is 0.400. The van der Waals surface area contributed by atoms with Crippen LogP contribution in [0, 0.1) is 0 Å². The summed E-state index contributed by atoms with van der Waals surface area (Å²) < 4.78 is 21.1. The van der Waals surface area contributed by atoms with Crippen LogP contribution < -0.4 is 16.2 Å². The van der Waals surface area contributed by atoms with Crippen molar-refractivity contribution < 1.29 is 8.42 Å². The first-order valence-corrected chi connectivity index (χ1v) is 5.24. The number of aromatic amines is 1. The molecule has 0 radical (unpaired) electrons. The van der Waals surface area contributed by atoms with Crippen LogP contribution in [-0.4, -0.2) is 30.9 Å². The first-order chi connectivity index (χ1) is 5.99. The molecule has 0 amide bonds. The summed E-state index contributed by atoms with van der Waals surface area (Å²) >= 11 is 0. The molecule has 0 bridgehead atoms. The molecule has 0 aromatic carbocycles. The van der Waals surface area contributed by atoms with Crippen LogP contribution in [0.3, 0.4) is 0 Å². The van der Waals surface area contributed by atoms with Crippen LogP contribution in [0.5, 0.6) is 0 Å². The lowest BCUT2D eigenvalue weighted by atomic mass is 10.5. The molecule has 13 heavy (non-hydrogen) atoms. The fourth-order valence-electron chi connectivity index (χ4n) is 0.765. The maximum absolute atomic E-state index is 10.5. The van der Waals surface area contributed by atoms with Crippen LogP contribution in [0.4, 0.5) is 11.5 Å². The summed E-state index contributed by atoms with van der Waals surface area (Å²) in [6.07, 6.45) is 1.47. The largest absolute Gasteiger partial charge is 0.382 e. The molecule has 1 aromatic heterocycles. The first-order valence-electron chi connectivity index (χ1n) is 3.52. The molecule has 0 saturated heterocycles. The third-order valence-corrected chi connectivity index (χ3v) is 2.14. The second kappa shape index (κ2) is 3.62. The average Bonchev–Trinajstić information content (AvgIpc) is 2.34. The molecule has 6 N–H and O–H groups in total. The van der Waals surface area contributed by atoms with Crippen molar-refractivity contribution in [2.75, 3.05) is 23.3 Å². The van der Waals surface area contributed by atoms with Gasteiger partial charge in [0.05, 0.1) is 17.6 Å². The Labute approximate surface area is 75.5 Å². The van der Waals surface area contributed by atoms with Crippen molar-refractivity contribution in [3.8, 4) is 0 Å². The normalized spacial score (nSPS) is 11.5. The summed E-state index contributed by atoms with van der Waals surface area (Å²) in [5.41, 5.74) is 6.00. The zero-order valence-electron chi connectivity index (χ0n) is 6.82. The van der Waals surface area contributed by atoms with E-state index in [-0.39, 0.29) is 12.3 Å². The number of aromatic nitrogens is 2. The second-order valence-corrected chi connectivity index (χ2v) is 4.23. The van der Waals surface area contributed by atoms with E-state index in [0.717, 1.165) is 0 Å². The SMILES string of the molecule is Nc1[nH]ncc1NCCS(N)(=O)=O. The van der Waals surface area contributed by atoms with Crippen LogP contribution in [0.15, 0.2) is 6.20 Å². The number of H-pyrrole nitrogens is 1. The van der Waals surface area contributed by atoms with Crippen molar-refractivity contribution in [2.45, 2.75) is 0 Å². The van der Waals surface area contributed by atoms with E-state index in [1.165, 1.54) is 6.20 Å². The smallest absolute Gasteiger partial charge is 0.210 e. The lowest BCUT2D eigenvalue weighted by Crippen LogP contribution is -2.22. The molecule has 7 nitrogen and oxygen atoms in total. The number of sulfonamides is 1. The van der Waals surface area contributed by atoms with Crippen molar-refractivity contribution in [1.29, 1.82) is 0 Å². The van der Waals surface area contributed by atoms with Gasteiger partial charge in [-0.1, -0.05) is 0 Å². The monoisotopic (exact) mass is 205 g/mol. The number of nitrogens with one attached hydrogen (secondary N) is 2. The Morgan fingerprint density at radius 1 is 1.62 bits per heavy atom.